The molecule has 0 aromatic rings. The van der Waals surface area contributed by atoms with Gasteiger partial charge >= 0.3 is 0 Å². The van der Waals surface area contributed by atoms with Gasteiger partial charge in [0.1, 0.15) is 37.0 Å². The Morgan fingerprint density at radius 1 is 0.440 bits per heavy atom. The largest absolute Gasteiger partial charge is 0.430 e. The van der Waals surface area contributed by atoms with Gasteiger partial charge in [-0.3, -0.25) is 9.59 Å². The summed E-state index contributed by atoms with van der Waals surface area (Å²) in [6, 6.07) is 0. The highest BCUT2D eigenvalue weighted by Gasteiger charge is 2.36. The lowest BCUT2D eigenvalue weighted by molar-refractivity contribution is -0.144. The first kappa shape index (κ1) is 43.2. The van der Waals surface area contributed by atoms with Crippen LogP contribution in [0.15, 0.2) is 0 Å². The van der Waals surface area contributed by atoms with Gasteiger partial charge in [-0.25, -0.2) is 0 Å². The van der Waals surface area contributed by atoms with Crippen LogP contribution in [0.3, 0.4) is 0 Å². The number of hydrogen-bond acceptors (Lipinski definition) is 15. The molecule has 2 saturated heterocycles. The SMILES string of the molecule is O=C1CC(COCC2COCCOCCOCC[OH+]CCOCCO2)C(=O)[C@H](COCC2COCCOCCOCCOCCOCCO2)C1. The Balaban J connectivity index is 1.38. The first-order valence-electron chi connectivity index (χ1n) is 18.0. The second kappa shape index (κ2) is 30.3. The van der Waals surface area contributed by atoms with Gasteiger partial charge in [0.15, 0.2) is 13.2 Å². The lowest BCUT2D eigenvalue weighted by Crippen LogP contribution is -2.39. The van der Waals surface area contributed by atoms with Crippen LogP contribution in [0.1, 0.15) is 12.8 Å². The van der Waals surface area contributed by atoms with E-state index in [4.69, 9.17) is 61.6 Å². The molecule has 3 rings (SSSR count). The molecule has 2 aliphatic heterocycles. The highest BCUT2D eigenvalue weighted by Crippen LogP contribution is 2.24. The normalized spacial score (nSPS) is 28.9. The number of ketones is 2. The maximum Gasteiger partial charge on any atom is 0.168 e. The summed E-state index contributed by atoms with van der Waals surface area (Å²) in [6.45, 7) is 10.5. The second-order valence-corrected chi connectivity index (χ2v) is 11.9. The van der Waals surface area contributed by atoms with E-state index in [1.54, 1.807) is 0 Å². The molecule has 1 saturated carbocycles. The predicted octanol–water partition coefficient (Wildman–Crippen LogP) is -0.341. The van der Waals surface area contributed by atoms with Crippen LogP contribution in [0.5, 0.6) is 0 Å². The highest BCUT2D eigenvalue weighted by atomic mass is 16.6. The number of rotatable bonds is 8. The Morgan fingerprint density at radius 2 is 0.780 bits per heavy atom. The second-order valence-electron chi connectivity index (χ2n) is 11.9. The van der Waals surface area contributed by atoms with Crippen LogP contribution in [-0.4, -0.2) is 200 Å². The average molecular weight is 726 g/mol. The van der Waals surface area contributed by atoms with Crippen molar-refractivity contribution < 1.29 is 75.9 Å². The first-order chi connectivity index (χ1) is 24.7. The molecule has 50 heavy (non-hydrogen) atoms. The van der Waals surface area contributed by atoms with E-state index in [-0.39, 0.29) is 69.7 Å². The van der Waals surface area contributed by atoms with E-state index >= 15 is 0 Å². The van der Waals surface area contributed by atoms with Crippen LogP contribution in [0.25, 0.3) is 0 Å². The summed E-state index contributed by atoms with van der Waals surface area (Å²) in [5.41, 5.74) is 0. The van der Waals surface area contributed by atoms with Crippen LogP contribution in [0, 0.1) is 11.8 Å². The van der Waals surface area contributed by atoms with Crippen molar-refractivity contribution in [2.45, 2.75) is 25.0 Å². The van der Waals surface area contributed by atoms with E-state index in [1.165, 1.54) is 0 Å². The van der Waals surface area contributed by atoms with Gasteiger partial charge in [-0.2, -0.15) is 0 Å². The molecule has 1 N–H and O–H groups in total. The van der Waals surface area contributed by atoms with Gasteiger partial charge in [-0.15, -0.1) is 0 Å². The third-order valence-corrected chi connectivity index (χ3v) is 7.79. The average Bonchev–Trinajstić information content (AvgIpc) is 3.11. The van der Waals surface area contributed by atoms with Gasteiger partial charge < -0.3 is 66.3 Å². The molecular formula is C34H61O16+. The molecule has 0 spiro atoms. The molecule has 292 valence electrons. The molecule has 2 heterocycles. The van der Waals surface area contributed by atoms with Crippen LogP contribution in [0.4, 0.5) is 0 Å². The molecule has 1 aliphatic carbocycles. The standard InChI is InChI=1S/C34H60O16/c35-31-21-29(23-47-27-32-25-45-15-13-41-7-5-37-1-3-39-9-11-43-17-19-49-32)34(36)30(22-31)24-48-28-33-26-46-16-14-42-8-6-38-2-4-40-10-12-44-18-20-50-33/h29-30,32-33H,1-28H2/p+1/t29-,30?,32?,33?/m0/s1. The summed E-state index contributed by atoms with van der Waals surface area (Å²) in [6.07, 6.45) is -0.453. The molecule has 16 heteroatoms. The molecule has 0 bridgehead atoms. The van der Waals surface area contributed by atoms with E-state index in [0.717, 1.165) is 0 Å². The molecule has 16 nitrogen and oxygen atoms in total. The summed E-state index contributed by atoms with van der Waals surface area (Å²) in [7, 11) is 0. The first-order valence-corrected chi connectivity index (χ1v) is 18.0. The summed E-state index contributed by atoms with van der Waals surface area (Å²) in [5.74, 6) is -1.12. The van der Waals surface area contributed by atoms with E-state index in [1.807, 2.05) is 0 Å². The van der Waals surface area contributed by atoms with Crippen molar-refractivity contribution in [2.24, 2.45) is 11.8 Å². The van der Waals surface area contributed by atoms with Gasteiger partial charge in [0.05, 0.1) is 145 Å². The van der Waals surface area contributed by atoms with Crippen LogP contribution in [-0.2, 0) is 71.2 Å². The van der Waals surface area contributed by atoms with Crippen molar-refractivity contribution in [3.8, 4) is 0 Å². The summed E-state index contributed by atoms with van der Waals surface area (Å²) in [4.78, 5) is 26.0. The lowest BCUT2D eigenvalue weighted by atomic mass is 9.80. The summed E-state index contributed by atoms with van der Waals surface area (Å²) >= 11 is 0. The lowest BCUT2D eigenvalue weighted by Gasteiger charge is -2.28. The Kier molecular flexibility index (Phi) is 26.1. The third-order valence-electron chi connectivity index (χ3n) is 7.79. The van der Waals surface area contributed by atoms with Crippen molar-refractivity contribution in [1.82, 2.24) is 0 Å². The Morgan fingerprint density at radius 3 is 1.18 bits per heavy atom. The van der Waals surface area contributed by atoms with Crippen molar-refractivity contribution in [1.29, 1.82) is 0 Å². The van der Waals surface area contributed by atoms with Gasteiger partial charge in [0.25, 0.3) is 0 Å². The smallest absolute Gasteiger partial charge is 0.168 e. The topological polar surface area (TPSA) is 167 Å². The fourth-order valence-electron chi connectivity index (χ4n) is 5.19. The molecular weight excluding hydrogens is 664 g/mol. The summed E-state index contributed by atoms with van der Waals surface area (Å²) < 4.78 is 78.2. The monoisotopic (exact) mass is 725 g/mol. The number of carbonyl (C=O) groups excluding carboxylic acids is 2. The fraction of sp³-hybridized carbons (Fsp3) is 0.941. The number of ether oxygens (including phenoxy) is 14. The number of Topliss-reactive ketones (excluding diaryl/α,β-unsaturated/α-hetero) is 2. The maximum absolute atomic E-state index is 13.3. The number of hydrogen-bond donors (Lipinski definition) is 0. The molecule has 4 atom stereocenters. The van der Waals surface area contributed by atoms with Crippen molar-refractivity contribution in [2.75, 3.05) is 172 Å². The molecule has 3 fully saturated rings. The van der Waals surface area contributed by atoms with Crippen LogP contribution >= 0.6 is 0 Å². The summed E-state index contributed by atoms with van der Waals surface area (Å²) in [5, 5.41) is 0. The third kappa shape index (κ3) is 22.0. The Hall–Kier alpha value is -1.22. The van der Waals surface area contributed by atoms with E-state index in [0.29, 0.717) is 139 Å². The quantitative estimate of drug-likeness (QED) is 0.298. The Bertz CT molecular complexity index is 737. The minimum absolute atomic E-state index is 0.0131. The van der Waals surface area contributed by atoms with Crippen LogP contribution < -0.4 is 0 Å². The molecule has 3 aliphatic rings. The van der Waals surface area contributed by atoms with Gasteiger partial charge in [-0.1, -0.05) is 0 Å². The van der Waals surface area contributed by atoms with Gasteiger partial charge in [0.2, 0.25) is 0 Å². The minimum atomic E-state index is -0.547. The van der Waals surface area contributed by atoms with Crippen molar-refractivity contribution in [3.63, 3.8) is 0 Å². The molecule has 0 amide bonds. The van der Waals surface area contributed by atoms with E-state index in [9.17, 15) is 9.59 Å². The van der Waals surface area contributed by atoms with Crippen molar-refractivity contribution in [3.05, 3.63) is 0 Å². The van der Waals surface area contributed by atoms with Crippen LogP contribution in [0.2, 0.25) is 0 Å². The maximum atomic E-state index is 13.3. The molecule has 0 aromatic heterocycles. The fourth-order valence-corrected chi connectivity index (χ4v) is 5.19. The highest BCUT2D eigenvalue weighted by molar-refractivity contribution is 5.96. The zero-order chi connectivity index (χ0) is 35.2. The Labute approximate surface area is 296 Å². The van der Waals surface area contributed by atoms with E-state index in [2.05, 4.69) is 4.74 Å². The predicted molar refractivity (Wildman–Crippen MR) is 177 cm³/mol. The minimum Gasteiger partial charge on any atom is -0.430 e. The molecule has 3 unspecified atom stereocenters. The number of carbonyl (C=O) groups is 2. The van der Waals surface area contributed by atoms with Gasteiger partial charge in [0, 0.05) is 24.7 Å². The van der Waals surface area contributed by atoms with Crippen molar-refractivity contribution >= 4 is 11.6 Å². The molecule has 0 radical (unpaired) electrons. The van der Waals surface area contributed by atoms with E-state index < -0.39 is 11.8 Å². The number of aliphatic hydroxyl groups is 2. The zero-order valence-corrected chi connectivity index (χ0v) is 29.7. The molecule has 0 aromatic carbocycles. The van der Waals surface area contributed by atoms with Gasteiger partial charge in [-0.05, 0) is 0 Å². The zero-order valence-electron chi connectivity index (χ0n) is 29.7.